The quantitative estimate of drug-likeness (QED) is 0.668. The molecule has 20 heavy (non-hydrogen) atoms. The van der Waals surface area contributed by atoms with E-state index in [-0.39, 0.29) is 12.2 Å². The van der Waals surface area contributed by atoms with Crippen LogP contribution in [0.15, 0.2) is 60.7 Å². The Morgan fingerprint density at radius 3 is 2.25 bits per heavy atom. The van der Waals surface area contributed by atoms with Gasteiger partial charge in [-0.2, -0.15) is 0 Å². The lowest BCUT2D eigenvalue weighted by Crippen LogP contribution is -2.29. The SMILES string of the molecule is C[C@](O)(C#Cc1ccccc1)[C@@H]1O[C@H]1c1ccccc1. The van der Waals surface area contributed by atoms with Crippen molar-refractivity contribution in [2.75, 3.05) is 0 Å². The monoisotopic (exact) mass is 264 g/mol. The molecule has 0 bridgehead atoms. The zero-order chi connectivity index (χ0) is 14.0. The lowest BCUT2D eigenvalue weighted by Gasteiger charge is -2.12. The maximum Gasteiger partial charge on any atom is 0.151 e. The number of aliphatic hydroxyl groups is 1. The Hall–Kier alpha value is -2.08. The van der Waals surface area contributed by atoms with Crippen LogP contribution in [0.5, 0.6) is 0 Å². The second-order valence-corrected chi connectivity index (χ2v) is 5.15. The second kappa shape index (κ2) is 5.13. The summed E-state index contributed by atoms with van der Waals surface area (Å²) in [4.78, 5) is 0. The Morgan fingerprint density at radius 1 is 1.00 bits per heavy atom. The molecule has 0 aliphatic carbocycles. The summed E-state index contributed by atoms with van der Waals surface area (Å²) in [5.74, 6) is 5.92. The first-order valence-electron chi connectivity index (χ1n) is 6.68. The van der Waals surface area contributed by atoms with Crippen molar-refractivity contribution in [3.8, 4) is 11.8 Å². The molecule has 1 N–H and O–H groups in total. The summed E-state index contributed by atoms with van der Waals surface area (Å²) in [7, 11) is 0. The highest BCUT2D eigenvalue weighted by atomic mass is 16.6. The van der Waals surface area contributed by atoms with Gasteiger partial charge in [-0.3, -0.25) is 0 Å². The molecule has 0 spiro atoms. The number of rotatable bonds is 2. The minimum atomic E-state index is -1.14. The van der Waals surface area contributed by atoms with E-state index in [4.69, 9.17) is 4.74 Å². The average Bonchev–Trinajstić information content (AvgIpc) is 3.29. The summed E-state index contributed by atoms with van der Waals surface area (Å²) in [6.45, 7) is 1.70. The molecule has 0 aromatic heterocycles. The maximum absolute atomic E-state index is 10.4. The van der Waals surface area contributed by atoms with Crippen LogP contribution in [0.2, 0.25) is 0 Å². The largest absolute Gasteiger partial charge is 0.375 e. The van der Waals surface area contributed by atoms with Crippen molar-refractivity contribution in [2.24, 2.45) is 0 Å². The van der Waals surface area contributed by atoms with Crippen LogP contribution in [0.1, 0.15) is 24.2 Å². The molecule has 0 saturated carbocycles. The molecule has 100 valence electrons. The Bertz CT molecular complexity index is 635. The first kappa shape index (κ1) is 12.9. The highest BCUT2D eigenvalue weighted by molar-refractivity contribution is 5.37. The minimum absolute atomic E-state index is 0.0590. The summed E-state index contributed by atoms with van der Waals surface area (Å²) in [6, 6.07) is 19.6. The summed E-state index contributed by atoms with van der Waals surface area (Å²) in [5, 5.41) is 10.4. The van der Waals surface area contributed by atoms with Gasteiger partial charge in [-0.1, -0.05) is 60.4 Å². The van der Waals surface area contributed by atoms with Crippen molar-refractivity contribution in [3.05, 3.63) is 71.8 Å². The van der Waals surface area contributed by atoms with Crippen molar-refractivity contribution in [1.82, 2.24) is 0 Å². The molecule has 2 nitrogen and oxygen atoms in total. The Balaban J connectivity index is 1.73. The van der Waals surface area contributed by atoms with E-state index in [1.807, 2.05) is 60.7 Å². The van der Waals surface area contributed by atoms with Crippen molar-refractivity contribution in [1.29, 1.82) is 0 Å². The van der Waals surface area contributed by atoms with Gasteiger partial charge >= 0.3 is 0 Å². The molecular weight excluding hydrogens is 248 g/mol. The number of ether oxygens (including phenoxy) is 1. The van der Waals surface area contributed by atoms with Gasteiger partial charge in [0.15, 0.2) is 5.60 Å². The van der Waals surface area contributed by atoms with Gasteiger partial charge in [-0.15, -0.1) is 0 Å². The molecule has 0 radical (unpaired) electrons. The lowest BCUT2D eigenvalue weighted by molar-refractivity contribution is 0.0863. The topological polar surface area (TPSA) is 32.8 Å². The van der Waals surface area contributed by atoms with E-state index < -0.39 is 5.60 Å². The van der Waals surface area contributed by atoms with Crippen molar-refractivity contribution >= 4 is 0 Å². The lowest BCUT2D eigenvalue weighted by atomic mass is 9.97. The molecule has 0 amide bonds. The van der Waals surface area contributed by atoms with E-state index in [2.05, 4.69) is 11.8 Å². The standard InChI is InChI=1S/C18H16O2/c1-18(19,13-12-14-8-4-2-5-9-14)17-16(20-17)15-10-6-3-7-11-15/h2-11,16-17,19H,1H3/t16-,17+,18-/m0/s1. The summed E-state index contributed by atoms with van der Waals surface area (Å²) in [6.07, 6.45) is -0.322. The molecule has 3 atom stereocenters. The third-order valence-corrected chi connectivity index (χ3v) is 3.41. The van der Waals surface area contributed by atoms with Crippen LogP contribution in [0, 0.1) is 11.8 Å². The van der Waals surface area contributed by atoms with Gasteiger partial charge in [-0.25, -0.2) is 0 Å². The van der Waals surface area contributed by atoms with E-state index in [1.165, 1.54) is 0 Å². The van der Waals surface area contributed by atoms with E-state index in [1.54, 1.807) is 6.92 Å². The van der Waals surface area contributed by atoms with E-state index in [0.717, 1.165) is 11.1 Å². The number of hydrogen-bond donors (Lipinski definition) is 1. The molecule has 1 saturated heterocycles. The van der Waals surface area contributed by atoms with Gasteiger partial charge in [0.05, 0.1) is 0 Å². The van der Waals surface area contributed by atoms with Crippen molar-refractivity contribution in [2.45, 2.75) is 24.7 Å². The van der Waals surface area contributed by atoms with Crippen LogP contribution in [0.3, 0.4) is 0 Å². The van der Waals surface area contributed by atoms with Gasteiger partial charge in [0.25, 0.3) is 0 Å². The first-order valence-corrected chi connectivity index (χ1v) is 6.68. The van der Waals surface area contributed by atoms with Gasteiger partial charge in [0.1, 0.15) is 12.2 Å². The molecular formula is C18H16O2. The predicted molar refractivity (Wildman–Crippen MR) is 78.0 cm³/mol. The minimum Gasteiger partial charge on any atom is -0.375 e. The van der Waals surface area contributed by atoms with Gasteiger partial charge in [0.2, 0.25) is 0 Å². The fraction of sp³-hybridized carbons (Fsp3) is 0.222. The van der Waals surface area contributed by atoms with E-state index in [0.29, 0.717) is 0 Å². The summed E-state index contributed by atoms with van der Waals surface area (Å²) >= 11 is 0. The van der Waals surface area contributed by atoms with Crippen molar-refractivity contribution < 1.29 is 9.84 Å². The molecule has 1 heterocycles. The zero-order valence-corrected chi connectivity index (χ0v) is 11.3. The maximum atomic E-state index is 10.4. The highest BCUT2D eigenvalue weighted by Gasteiger charge is 2.51. The van der Waals surface area contributed by atoms with Crippen LogP contribution in [0.4, 0.5) is 0 Å². The summed E-state index contributed by atoms with van der Waals surface area (Å²) < 4.78 is 5.60. The van der Waals surface area contributed by atoms with Crippen LogP contribution in [-0.2, 0) is 4.74 Å². The zero-order valence-electron chi connectivity index (χ0n) is 11.3. The molecule has 2 aromatic carbocycles. The van der Waals surface area contributed by atoms with E-state index >= 15 is 0 Å². The second-order valence-electron chi connectivity index (χ2n) is 5.15. The highest BCUT2D eigenvalue weighted by Crippen LogP contribution is 2.44. The number of epoxide rings is 1. The third kappa shape index (κ3) is 2.75. The molecule has 0 unspecified atom stereocenters. The first-order chi connectivity index (χ1) is 9.67. The molecule has 1 fully saturated rings. The fourth-order valence-corrected chi connectivity index (χ4v) is 2.23. The molecule has 3 rings (SSSR count). The fourth-order valence-electron chi connectivity index (χ4n) is 2.23. The molecule has 2 aromatic rings. The Kier molecular flexibility index (Phi) is 3.31. The van der Waals surface area contributed by atoms with Crippen LogP contribution in [0.25, 0.3) is 0 Å². The average molecular weight is 264 g/mol. The van der Waals surface area contributed by atoms with Gasteiger partial charge in [0, 0.05) is 5.56 Å². The van der Waals surface area contributed by atoms with Gasteiger partial charge in [-0.05, 0) is 24.6 Å². The van der Waals surface area contributed by atoms with Crippen LogP contribution in [-0.4, -0.2) is 16.8 Å². The normalized spacial score (nSPS) is 23.3. The number of hydrogen-bond acceptors (Lipinski definition) is 2. The van der Waals surface area contributed by atoms with Gasteiger partial charge < -0.3 is 9.84 Å². The van der Waals surface area contributed by atoms with E-state index in [9.17, 15) is 5.11 Å². The molecule has 2 heteroatoms. The molecule has 1 aliphatic rings. The summed E-state index contributed by atoms with van der Waals surface area (Å²) in [5.41, 5.74) is 0.833. The van der Waals surface area contributed by atoms with Crippen LogP contribution < -0.4 is 0 Å². The smallest absolute Gasteiger partial charge is 0.151 e. The predicted octanol–water partition coefficient (Wildman–Crippen LogP) is 2.93. The number of benzene rings is 2. The Morgan fingerprint density at radius 2 is 1.60 bits per heavy atom. The third-order valence-electron chi connectivity index (χ3n) is 3.41. The van der Waals surface area contributed by atoms with Crippen LogP contribution >= 0.6 is 0 Å². The Labute approximate surface area is 119 Å². The molecule has 1 aliphatic heterocycles. The van der Waals surface area contributed by atoms with Crippen molar-refractivity contribution in [3.63, 3.8) is 0 Å².